The van der Waals surface area contributed by atoms with Gasteiger partial charge in [0.25, 0.3) is 0 Å². The quantitative estimate of drug-likeness (QED) is 0.782. The summed E-state index contributed by atoms with van der Waals surface area (Å²) in [5, 5.41) is 2.82. The van der Waals surface area contributed by atoms with Crippen molar-refractivity contribution in [2.75, 3.05) is 5.32 Å². The predicted octanol–water partition coefficient (Wildman–Crippen LogP) is 3.67. The lowest BCUT2D eigenvalue weighted by molar-refractivity contribution is -0.115. The first-order chi connectivity index (χ1) is 9.20. The van der Waals surface area contributed by atoms with Gasteiger partial charge in [-0.05, 0) is 29.3 Å². The number of fused-ring (bicyclic) bond motifs is 3. The van der Waals surface area contributed by atoms with Crippen molar-refractivity contribution in [3.05, 3.63) is 53.6 Å². The van der Waals surface area contributed by atoms with Crippen molar-refractivity contribution in [3.8, 4) is 11.1 Å². The summed E-state index contributed by atoms with van der Waals surface area (Å²) >= 11 is 0. The zero-order valence-corrected chi connectivity index (χ0v) is 11.8. The molecule has 1 N–H and O–H groups in total. The summed E-state index contributed by atoms with van der Waals surface area (Å²) in [6, 6.07) is 13.0. The molecule has 102 valence electrons. The minimum absolute atomic E-state index is 0. The molecule has 3 nitrogen and oxygen atoms in total. The van der Waals surface area contributed by atoms with E-state index in [0.717, 1.165) is 22.4 Å². The Kier molecular flexibility index (Phi) is 3.91. The van der Waals surface area contributed by atoms with Gasteiger partial charge in [0.05, 0.1) is 0 Å². The van der Waals surface area contributed by atoms with E-state index in [0.29, 0.717) is 12.0 Å². The summed E-state index contributed by atoms with van der Waals surface area (Å²) in [6.07, 6.45) is 0.437. The number of benzene rings is 2. The minimum atomic E-state index is -0.0300. The number of rotatable bonds is 2. The second-order valence-electron chi connectivity index (χ2n) is 4.54. The molecular weight excluding hydrogens is 274 g/mol. The van der Waals surface area contributed by atoms with E-state index < -0.39 is 0 Å². The SMILES string of the molecule is CCC(=O)Nc1ccc2c(c1)-c1ccccc1C2=O.Cl. The number of ketones is 1. The van der Waals surface area contributed by atoms with Crippen LogP contribution in [0.15, 0.2) is 42.5 Å². The lowest BCUT2D eigenvalue weighted by atomic mass is 10.1. The monoisotopic (exact) mass is 287 g/mol. The first kappa shape index (κ1) is 14.3. The van der Waals surface area contributed by atoms with Crippen molar-refractivity contribution in [2.45, 2.75) is 13.3 Å². The van der Waals surface area contributed by atoms with Crippen LogP contribution in [0.4, 0.5) is 5.69 Å². The average Bonchev–Trinajstić information content (AvgIpc) is 2.73. The third-order valence-corrected chi connectivity index (χ3v) is 3.33. The molecule has 2 aromatic rings. The van der Waals surface area contributed by atoms with E-state index in [2.05, 4.69) is 5.32 Å². The topological polar surface area (TPSA) is 46.2 Å². The standard InChI is InChI=1S/C16H13NO2.ClH/c1-2-15(18)17-10-7-8-13-14(9-10)11-5-3-4-6-12(11)16(13)19;/h3-9H,2H2,1H3,(H,17,18);1H. The Morgan fingerprint density at radius 2 is 1.65 bits per heavy atom. The van der Waals surface area contributed by atoms with Gasteiger partial charge in [-0.1, -0.05) is 31.2 Å². The highest BCUT2D eigenvalue weighted by molar-refractivity contribution is 6.22. The molecule has 0 saturated heterocycles. The van der Waals surface area contributed by atoms with Crippen LogP contribution in [-0.4, -0.2) is 11.7 Å². The molecule has 20 heavy (non-hydrogen) atoms. The second kappa shape index (κ2) is 5.47. The highest BCUT2D eigenvalue weighted by Crippen LogP contribution is 2.37. The van der Waals surface area contributed by atoms with Crippen LogP contribution in [-0.2, 0) is 4.79 Å². The molecule has 0 radical (unpaired) electrons. The zero-order valence-electron chi connectivity index (χ0n) is 11.0. The minimum Gasteiger partial charge on any atom is -0.326 e. The van der Waals surface area contributed by atoms with Crippen LogP contribution in [0.2, 0.25) is 0 Å². The van der Waals surface area contributed by atoms with E-state index in [-0.39, 0.29) is 24.1 Å². The number of amides is 1. The van der Waals surface area contributed by atoms with Gasteiger partial charge in [0.15, 0.2) is 5.78 Å². The second-order valence-corrected chi connectivity index (χ2v) is 4.54. The van der Waals surface area contributed by atoms with Crippen LogP contribution in [0.3, 0.4) is 0 Å². The maximum absolute atomic E-state index is 12.2. The zero-order chi connectivity index (χ0) is 13.4. The molecule has 3 rings (SSSR count). The van der Waals surface area contributed by atoms with Crippen LogP contribution < -0.4 is 5.32 Å². The molecule has 0 heterocycles. The fourth-order valence-corrected chi connectivity index (χ4v) is 2.35. The van der Waals surface area contributed by atoms with Gasteiger partial charge in [0, 0.05) is 23.2 Å². The number of anilines is 1. The first-order valence-corrected chi connectivity index (χ1v) is 6.28. The maximum Gasteiger partial charge on any atom is 0.224 e. The molecule has 4 heteroatoms. The van der Waals surface area contributed by atoms with Crippen LogP contribution in [0.1, 0.15) is 29.3 Å². The van der Waals surface area contributed by atoms with Gasteiger partial charge in [-0.25, -0.2) is 0 Å². The van der Waals surface area contributed by atoms with Gasteiger partial charge in [0.1, 0.15) is 0 Å². The number of carbonyl (C=O) groups excluding carboxylic acids is 2. The summed E-state index contributed by atoms with van der Waals surface area (Å²) in [4.78, 5) is 23.6. The third kappa shape index (κ3) is 2.21. The van der Waals surface area contributed by atoms with Crippen LogP contribution in [0.25, 0.3) is 11.1 Å². The Labute approximate surface area is 123 Å². The van der Waals surface area contributed by atoms with Gasteiger partial charge >= 0.3 is 0 Å². The van der Waals surface area contributed by atoms with Gasteiger partial charge < -0.3 is 5.32 Å². The van der Waals surface area contributed by atoms with Crippen LogP contribution in [0, 0.1) is 0 Å². The number of halogens is 1. The Balaban J connectivity index is 0.00000147. The predicted molar refractivity (Wildman–Crippen MR) is 81.5 cm³/mol. The number of nitrogens with one attached hydrogen (secondary N) is 1. The molecule has 1 amide bonds. The molecular formula is C16H14ClNO2. The Morgan fingerprint density at radius 3 is 2.35 bits per heavy atom. The molecule has 0 saturated carbocycles. The van der Waals surface area contributed by atoms with Crippen molar-refractivity contribution < 1.29 is 9.59 Å². The maximum atomic E-state index is 12.2. The lowest BCUT2D eigenvalue weighted by Gasteiger charge is -2.06. The van der Waals surface area contributed by atoms with Crippen molar-refractivity contribution >= 4 is 29.8 Å². The van der Waals surface area contributed by atoms with E-state index in [1.54, 1.807) is 12.1 Å². The molecule has 0 spiro atoms. The first-order valence-electron chi connectivity index (χ1n) is 6.28. The molecule has 0 bridgehead atoms. The van der Waals surface area contributed by atoms with Crippen LogP contribution >= 0.6 is 12.4 Å². The summed E-state index contributed by atoms with van der Waals surface area (Å²) in [5.41, 5.74) is 4.01. The summed E-state index contributed by atoms with van der Waals surface area (Å²) in [6.45, 7) is 1.81. The Hall–Kier alpha value is -2.13. The fourth-order valence-electron chi connectivity index (χ4n) is 2.35. The Bertz CT molecular complexity index is 695. The van der Waals surface area contributed by atoms with Gasteiger partial charge in [0.2, 0.25) is 5.91 Å². The normalized spacial score (nSPS) is 11.3. The highest BCUT2D eigenvalue weighted by atomic mass is 35.5. The number of hydrogen-bond donors (Lipinski definition) is 1. The van der Waals surface area contributed by atoms with Crippen molar-refractivity contribution in [1.29, 1.82) is 0 Å². The van der Waals surface area contributed by atoms with Gasteiger partial charge in [-0.3, -0.25) is 9.59 Å². The highest BCUT2D eigenvalue weighted by Gasteiger charge is 2.26. The van der Waals surface area contributed by atoms with Crippen molar-refractivity contribution in [1.82, 2.24) is 0 Å². The molecule has 0 atom stereocenters. The summed E-state index contributed by atoms with van der Waals surface area (Å²) in [7, 11) is 0. The van der Waals surface area contributed by atoms with Gasteiger partial charge in [-0.15, -0.1) is 12.4 Å². The van der Waals surface area contributed by atoms with E-state index >= 15 is 0 Å². The molecule has 0 aliphatic heterocycles. The number of carbonyl (C=O) groups is 2. The molecule has 2 aromatic carbocycles. The molecule has 0 aromatic heterocycles. The largest absolute Gasteiger partial charge is 0.326 e. The van der Waals surface area contributed by atoms with E-state index in [1.807, 2.05) is 37.3 Å². The molecule has 0 fully saturated rings. The van der Waals surface area contributed by atoms with E-state index in [4.69, 9.17) is 0 Å². The van der Waals surface area contributed by atoms with Crippen molar-refractivity contribution in [3.63, 3.8) is 0 Å². The van der Waals surface area contributed by atoms with Crippen molar-refractivity contribution in [2.24, 2.45) is 0 Å². The molecule has 1 aliphatic carbocycles. The fraction of sp³-hybridized carbons (Fsp3) is 0.125. The smallest absolute Gasteiger partial charge is 0.224 e. The molecule has 1 aliphatic rings. The van der Waals surface area contributed by atoms with E-state index in [9.17, 15) is 9.59 Å². The number of hydrogen-bond acceptors (Lipinski definition) is 2. The Morgan fingerprint density at radius 1 is 1.00 bits per heavy atom. The van der Waals surface area contributed by atoms with Crippen LogP contribution in [0.5, 0.6) is 0 Å². The van der Waals surface area contributed by atoms with E-state index in [1.165, 1.54) is 0 Å². The third-order valence-electron chi connectivity index (χ3n) is 3.33. The summed E-state index contributed by atoms with van der Waals surface area (Å²) in [5.74, 6) is 0.0246. The summed E-state index contributed by atoms with van der Waals surface area (Å²) < 4.78 is 0. The molecule has 0 unspecified atom stereocenters. The average molecular weight is 288 g/mol. The van der Waals surface area contributed by atoms with Gasteiger partial charge in [-0.2, -0.15) is 0 Å². The lowest BCUT2D eigenvalue weighted by Crippen LogP contribution is -2.09.